The van der Waals surface area contributed by atoms with E-state index in [9.17, 15) is 5.11 Å². The minimum absolute atomic E-state index is 0.0155. The van der Waals surface area contributed by atoms with Crippen LogP contribution in [0.3, 0.4) is 0 Å². The standard InChI is InChI=1S/C18H16N4O/c23-17(18-19-9-4-10-20-18)12-16-11-15(21-13-22-16)8-7-14-5-2-1-3-6-14/h1-6,9-13,23H,7-8H2/b17-12-. The number of benzene rings is 1. The maximum atomic E-state index is 10.0. The van der Waals surface area contributed by atoms with Crippen LogP contribution in [0.1, 0.15) is 22.8 Å². The van der Waals surface area contributed by atoms with Crippen LogP contribution < -0.4 is 0 Å². The molecule has 0 bridgehead atoms. The van der Waals surface area contributed by atoms with E-state index >= 15 is 0 Å². The van der Waals surface area contributed by atoms with Crippen molar-refractivity contribution in [3.63, 3.8) is 0 Å². The fourth-order valence-electron chi connectivity index (χ4n) is 2.18. The van der Waals surface area contributed by atoms with Crippen molar-refractivity contribution in [3.8, 4) is 0 Å². The topological polar surface area (TPSA) is 71.8 Å². The Balaban J connectivity index is 1.72. The van der Waals surface area contributed by atoms with Gasteiger partial charge in [-0.15, -0.1) is 0 Å². The van der Waals surface area contributed by atoms with Crippen LogP contribution in [0.5, 0.6) is 0 Å². The second kappa shape index (κ2) is 7.26. The largest absolute Gasteiger partial charge is 0.504 e. The summed E-state index contributed by atoms with van der Waals surface area (Å²) in [6.07, 6.45) is 7.94. The first-order valence-corrected chi connectivity index (χ1v) is 7.34. The first-order chi connectivity index (χ1) is 11.3. The van der Waals surface area contributed by atoms with Crippen molar-refractivity contribution in [1.82, 2.24) is 19.9 Å². The maximum absolute atomic E-state index is 10.0. The van der Waals surface area contributed by atoms with E-state index in [1.807, 2.05) is 24.3 Å². The molecule has 0 spiro atoms. The molecule has 5 nitrogen and oxygen atoms in total. The average Bonchev–Trinajstić information content (AvgIpc) is 2.62. The molecule has 0 radical (unpaired) electrons. The fraction of sp³-hybridized carbons (Fsp3) is 0.111. The summed E-state index contributed by atoms with van der Waals surface area (Å²) in [5.74, 6) is 0.259. The quantitative estimate of drug-likeness (QED) is 0.733. The van der Waals surface area contributed by atoms with E-state index < -0.39 is 0 Å². The van der Waals surface area contributed by atoms with Crippen molar-refractivity contribution in [1.29, 1.82) is 0 Å². The smallest absolute Gasteiger partial charge is 0.194 e. The van der Waals surface area contributed by atoms with E-state index in [1.54, 1.807) is 24.5 Å². The summed E-state index contributed by atoms with van der Waals surface area (Å²) < 4.78 is 0. The molecule has 23 heavy (non-hydrogen) atoms. The Morgan fingerprint density at radius 3 is 2.48 bits per heavy atom. The van der Waals surface area contributed by atoms with Gasteiger partial charge in [0.1, 0.15) is 6.33 Å². The van der Waals surface area contributed by atoms with E-state index in [1.165, 1.54) is 11.9 Å². The monoisotopic (exact) mass is 304 g/mol. The van der Waals surface area contributed by atoms with E-state index in [4.69, 9.17) is 0 Å². The minimum atomic E-state index is -0.0155. The lowest BCUT2D eigenvalue weighted by atomic mass is 10.1. The van der Waals surface area contributed by atoms with Crippen molar-refractivity contribution in [3.05, 3.63) is 84.0 Å². The molecule has 0 aliphatic carbocycles. The van der Waals surface area contributed by atoms with Crippen LogP contribution in [-0.2, 0) is 12.8 Å². The second-order valence-electron chi connectivity index (χ2n) is 5.02. The van der Waals surface area contributed by atoms with Crippen LogP contribution >= 0.6 is 0 Å². The summed E-state index contributed by atoms with van der Waals surface area (Å²) >= 11 is 0. The van der Waals surface area contributed by atoms with Crippen LogP contribution in [0.2, 0.25) is 0 Å². The first kappa shape index (κ1) is 14.8. The lowest BCUT2D eigenvalue weighted by molar-refractivity contribution is 0.508. The molecule has 0 fully saturated rings. The van der Waals surface area contributed by atoms with Crippen molar-refractivity contribution in [2.24, 2.45) is 0 Å². The predicted molar refractivity (Wildman–Crippen MR) is 88.4 cm³/mol. The molecule has 1 N–H and O–H groups in total. The molecule has 1 aromatic carbocycles. The van der Waals surface area contributed by atoms with Gasteiger partial charge in [-0.1, -0.05) is 30.3 Å². The zero-order valence-corrected chi connectivity index (χ0v) is 12.5. The zero-order chi connectivity index (χ0) is 15.9. The van der Waals surface area contributed by atoms with E-state index in [2.05, 4.69) is 32.1 Å². The highest BCUT2D eigenvalue weighted by Gasteiger charge is 2.04. The normalized spacial score (nSPS) is 11.4. The molecule has 0 unspecified atom stereocenters. The van der Waals surface area contributed by atoms with Crippen LogP contribution in [0.25, 0.3) is 11.8 Å². The minimum Gasteiger partial charge on any atom is -0.504 e. The van der Waals surface area contributed by atoms with Gasteiger partial charge in [0.25, 0.3) is 0 Å². The average molecular weight is 304 g/mol. The molecule has 3 rings (SSSR count). The maximum Gasteiger partial charge on any atom is 0.194 e. The van der Waals surface area contributed by atoms with Crippen molar-refractivity contribution < 1.29 is 5.11 Å². The summed E-state index contributed by atoms with van der Waals surface area (Å²) in [5.41, 5.74) is 2.83. The summed E-state index contributed by atoms with van der Waals surface area (Å²) in [6.45, 7) is 0. The number of aromatic nitrogens is 4. The van der Waals surface area contributed by atoms with Crippen molar-refractivity contribution in [2.45, 2.75) is 12.8 Å². The van der Waals surface area contributed by atoms with Crippen LogP contribution in [-0.4, -0.2) is 25.0 Å². The molecule has 2 aromatic heterocycles. The van der Waals surface area contributed by atoms with Gasteiger partial charge < -0.3 is 5.11 Å². The molecule has 2 heterocycles. The predicted octanol–water partition coefficient (Wildman–Crippen LogP) is 3.11. The molecule has 0 aliphatic heterocycles. The highest BCUT2D eigenvalue weighted by Crippen LogP contribution is 2.11. The van der Waals surface area contributed by atoms with E-state index in [0.717, 1.165) is 18.5 Å². The number of nitrogens with zero attached hydrogens (tertiary/aromatic N) is 4. The SMILES string of the molecule is O/C(=C\c1cc(CCc2ccccc2)ncn1)c1ncccn1. The Bertz CT molecular complexity index is 788. The van der Waals surface area contributed by atoms with Gasteiger partial charge in [0, 0.05) is 24.2 Å². The number of aliphatic hydroxyl groups excluding tert-OH is 1. The molecular weight excluding hydrogens is 288 g/mol. The number of hydrogen-bond acceptors (Lipinski definition) is 5. The van der Waals surface area contributed by atoms with Crippen LogP contribution in [0.4, 0.5) is 0 Å². The first-order valence-electron chi connectivity index (χ1n) is 7.34. The van der Waals surface area contributed by atoms with Crippen LogP contribution in [0, 0.1) is 0 Å². The second-order valence-corrected chi connectivity index (χ2v) is 5.02. The Kier molecular flexibility index (Phi) is 4.69. The molecule has 0 aliphatic rings. The molecule has 3 aromatic rings. The summed E-state index contributed by atoms with van der Waals surface area (Å²) in [6, 6.07) is 13.8. The third-order valence-electron chi connectivity index (χ3n) is 3.34. The molecule has 5 heteroatoms. The molecule has 0 saturated carbocycles. The van der Waals surface area contributed by atoms with E-state index in [0.29, 0.717) is 5.69 Å². The zero-order valence-electron chi connectivity index (χ0n) is 12.5. The Morgan fingerprint density at radius 1 is 0.913 bits per heavy atom. The highest BCUT2D eigenvalue weighted by atomic mass is 16.3. The van der Waals surface area contributed by atoms with Gasteiger partial charge >= 0.3 is 0 Å². The highest BCUT2D eigenvalue weighted by molar-refractivity contribution is 5.71. The summed E-state index contributed by atoms with van der Waals surface area (Å²) in [4.78, 5) is 16.4. The van der Waals surface area contributed by atoms with Gasteiger partial charge in [-0.05, 0) is 30.5 Å². The Morgan fingerprint density at radius 2 is 1.70 bits per heavy atom. The fourth-order valence-corrected chi connectivity index (χ4v) is 2.18. The number of hydrogen-bond donors (Lipinski definition) is 1. The molecule has 0 atom stereocenters. The lowest BCUT2D eigenvalue weighted by Gasteiger charge is -2.03. The van der Waals surface area contributed by atoms with Gasteiger partial charge in [-0.25, -0.2) is 19.9 Å². The van der Waals surface area contributed by atoms with Crippen molar-refractivity contribution in [2.75, 3.05) is 0 Å². The van der Waals surface area contributed by atoms with Gasteiger partial charge in [0.05, 0.1) is 5.69 Å². The van der Waals surface area contributed by atoms with Crippen molar-refractivity contribution >= 4 is 11.8 Å². The molecule has 114 valence electrons. The third kappa shape index (κ3) is 4.20. The van der Waals surface area contributed by atoms with Gasteiger partial charge in [-0.3, -0.25) is 0 Å². The summed E-state index contributed by atoms with van der Waals surface area (Å²) in [7, 11) is 0. The molecular formula is C18H16N4O. The van der Waals surface area contributed by atoms with Gasteiger partial charge in [0.2, 0.25) is 0 Å². The van der Waals surface area contributed by atoms with Crippen LogP contribution in [0.15, 0.2) is 61.2 Å². The van der Waals surface area contributed by atoms with E-state index in [-0.39, 0.29) is 11.6 Å². The lowest BCUT2D eigenvalue weighted by Crippen LogP contribution is -1.97. The third-order valence-corrected chi connectivity index (χ3v) is 3.34. The Hall–Kier alpha value is -3.08. The van der Waals surface area contributed by atoms with Gasteiger partial charge in [-0.2, -0.15) is 0 Å². The number of aryl methyl sites for hydroxylation is 2. The molecule has 0 amide bonds. The summed E-state index contributed by atoms with van der Waals surface area (Å²) in [5, 5.41) is 10.0. The number of aliphatic hydroxyl groups is 1. The Labute approximate surface area is 134 Å². The number of rotatable bonds is 5. The van der Waals surface area contributed by atoms with Gasteiger partial charge in [0.15, 0.2) is 11.6 Å². The molecule has 0 saturated heterocycles.